The number of carbonyl (C=O) groups is 2. The van der Waals surface area contributed by atoms with E-state index in [0.29, 0.717) is 17.7 Å². The molecule has 0 radical (unpaired) electrons. The number of methoxy groups -OCH3 is 1. The average molecular weight is 388 g/mol. The van der Waals surface area contributed by atoms with Crippen molar-refractivity contribution in [2.24, 2.45) is 0 Å². The lowest BCUT2D eigenvalue weighted by Crippen LogP contribution is -2.38. The van der Waals surface area contributed by atoms with Crippen molar-refractivity contribution in [3.63, 3.8) is 0 Å². The van der Waals surface area contributed by atoms with Crippen molar-refractivity contribution in [2.45, 2.75) is 44.1 Å². The predicted octanol–water partition coefficient (Wildman–Crippen LogP) is 3.83. The zero-order chi connectivity index (χ0) is 19.4. The molecule has 1 aliphatic rings. The Balaban J connectivity index is 1.70. The van der Waals surface area contributed by atoms with Crippen molar-refractivity contribution in [1.29, 1.82) is 0 Å². The topological polar surface area (TPSA) is 75.6 Å². The number of ether oxygens (including phenoxy) is 1. The van der Waals surface area contributed by atoms with E-state index in [4.69, 9.17) is 0 Å². The maximum Gasteiger partial charge on any atom is 0.337 e. The number of hydrogen-bond donors (Lipinski definition) is 2. The quantitative estimate of drug-likeness (QED) is 0.739. The van der Waals surface area contributed by atoms with Crippen LogP contribution in [-0.2, 0) is 10.2 Å². The molecule has 1 amide bonds. The lowest BCUT2D eigenvalue weighted by Gasteiger charge is -2.28. The fourth-order valence-electron chi connectivity index (χ4n) is 3.65. The third kappa shape index (κ3) is 4.22. The Labute approximate surface area is 163 Å². The zero-order valence-electron chi connectivity index (χ0n) is 15.7. The first-order valence-electron chi connectivity index (χ1n) is 9.20. The molecule has 1 aromatic carbocycles. The first kappa shape index (κ1) is 19.6. The van der Waals surface area contributed by atoms with Crippen molar-refractivity contribution in [3.8, 4) is 0 Å². The largest absolute Gasteiger partial charge is 0.465 e. The van der Waals surface area contributed by atoms with Gasteiger partial charge in [0, 0.05) is 27.3 Å². The molecule has 1 saturated carbocycles. The van der Waals surface area contributed by atoms with Gasteiger partial charge in [0.05, 0.1) is 18.8 Å². The molecule has 2 aromatic rings. The maximum absolute atomic E-state index is 12.6. The number of aliphatic hydroxyl groups excluding tert-OH is 1. The van der Waals surface area contributed by atoms with Crippen molar-refractivity contribution >= 4 is 23.2 Å². The number of benzene rings is 1. The van der Waals surface area contributed by atoms with Gasteiger partial charge in [-0.05, 0) is 56.2 Å². The van der Waals surface area contributed by atoms with Crippen LogP contribution in [0.25, 0.3) is 0 Å². The molecule has 6 heteroatoms. The number of thiophene rings is 1. The third-order valence-electron chi connectivity index (χ3n) is 5.28. The highest BCUT2D eigenvalue weighted by atomic mass is 32.1. The number of aliphatic hydroxyl groups is 1. The highest BCUT2D eigenvalue weighted by molar-refractivity contribution is 7.12. The number of rotatable bonds is 6. The second kappa shape index (κ2) is 8.23. The Hall–Kier alpha value is -2.18. The summed E-state index contributed by atoms with van der Waals surface area (Å²) in [4.78, 5) is 26.3. The van der Waals surface area contributed by atoms with Gasteiger partial charge in [0.1, 0.15) is 0 Å². The normalized spacial score (nSPS) is 16.7. The number of carbonyl (C=O) groups excluding carboxylic acids is 2. The van der Waals surface area contributed by atoms with Crippen molar-refractivity contribution in [1.82, 2.24) is 5.32 Å². The van der Waals surface area contributed by atoms with Crippen LogP contribution in [0.2, 0.25) is 0 Å². The molecule has 3 rings (SSSR count). The van der Waals surface area contributed by atoms with E-state index in [9.17, 15) is 14.7 Å². The fourth-order valence-corrected chi connectivity index (χ4v) is 4.84. The molecule has 2 N–H and O–H groups in total. The summed E-state index contributed by atoms with van der Waals surface area (Å²) < 4.78 is 4.68. The minimum Gasteiger partial charge on any atom is -0.465 e. The Morgan fingerprint density at radius 1 is 1.15 bits per heavy atom. The zero-order valence-corrected chi connectivity index (χ0v) is 16.5. The summed E-state index contributed by atoms with van der Waals surface area (Å²) in [6, 6.07) is 10.5. The van der Waals surface area contributed by atoms with E-state index >= 15 is 0 Å². The lowest BCUT2D eigenvalue weighted by molar-refractivity contribution is 0.0600. The van der Waals surface area contributed by atoms with Gasteiger partial charge in [0.2, 0.25) is 0 Å². The van der Waals surface area contributed by atoms with Crippen LogP contribution in [0.15, 0.2) is 36.4 Å². The number of esters is 1. The Kier molecular flexibility index (Phi) is 5.97. The summed E-state index contributed by atoms with van der Waals surface area (Å²) in [6.45, 7) is 2.35. The van der Waals surface area contributed by atoms with Gasteiger partial charge in [0.15, 0.2) is 0 Å². The molecule has 27 heavy (non-hydrogen) atoms. The van der Waals surface area contributed by atoms with Gasteiger partial charge in [-0.2, -0.15) is 0 Å². The summed E-state index contributed by atoms with van der Waals surface area (Å²) in [5, 5.41) is 12.9. The molecule has 1 aromatic heterocycles. The number of hydrogen-bond acceptors (Lipinski definition) is 5. The lowest BCUT2D eigenvalue weighted by atomic mass is 9.84. The molecule has 144 valence electrons. The molecule has 1 heterocycles. The fraction of sp³-hybridized carbons (Fsp3) is 0.429. The molecule has 0 spiro atoms. The predicted molar refractivity (Wildman–Crippen MR) is 105 cm³/mol. The second-order valence-corrected chi connectivity index (χ2v) is 8.23. The molecule has 1 atom stereocenters. The summed E-state index contributed by atoms with van der Waals surface area (Å²) in [6.07, 6.45) is 3.89. The summed E-state index contributed by atoms with van der Waals surface area (Å²) in [5.41, 5.74) is 0.886. The minimum absolute atomic E-state index is 0.0561. The number of nitrogens with one attached hydrogen (secondary N) is 1. The van der Waals surface area contributed by atoms with Crippen LogP contribution in [0, 0.1) is 0 Å². The SMILES string of the molecule is COC(=O)c1ccc(C(=O)NCC2(c3ccc(C(C)O)s3)CCCC2)cc1. The van der Waals surface area contributed by atoms with Crippen LogP contribution < -0.4 is 5.32 Å². The van der Waals surface area contributed by atoms with Gasteiger partial charge in [0.25, 0.3) is 5.91 Å². The van der Waals surface area contributed by atoms with E-state index in [1.165, 1.54) is 12.0 Å². The van der Waals surface area contributed by atoms with E-state index in [-0.39, 0.29) is 11.3 Å². The van der Waals surface area contributed by atoms with E-state index in [2.05, 4.69) is 16.1 Å². The van der Waals surface area contributed by atoms with Gasteiger partial charge < -0.3 is 15.2 Å². The van der Waals surface area contributed by atoms with Crippen LogP contribution >= 0.6 is 11.3 Å². The monoisotopic (exact) mass is 387 g/mol. The van der Waals surface area contributed by atoms with Crippen molar-refractivity contribution in [3.05, 3.63) is 57.3 Å². The molecule has 0 bridgehead atoms. The van der Waals surface area contributed by atoms with E-state index in [1.807, 2.05) is 6.07 Å². The molecule has 5 nitrogen and oxygen atoms in total. The van der Waals surface area contributed by atoms with E-state index in [1.54, 1.807) is 42.5 Å². The molecule has 1 aliphatic carbocycles. The standard InChI is InChI=1S/C21H25NO4S/c1-14(23)17-9-10-18(27-17)21(11-3-4-12-21)13-22-19(24)15-5-7-16(8-6-15)20(25)26-2/h5-10,14,23H,3-4,11-13H2,1-2H3,(H,22,24). The Morgan fingerprint density at radius 3 is 2.33 bits per heavy atom. The van der Waals surface area contributed by atoms with Gasteiger partial charge in [-0.15, -0.1) is 11.3 Å². The van der Waals surface area contributed by atoms with Gasteiger partial charge in [-0.1, -0.05) is 12.8 Å². The van der Waals surface area contributed by atoms with Crippen LogP contribution in [0.1, 0.15) is 69.2 Å². The van der Waals surface area contributed by atoms with Gasteiger partial charge in [-0.3, -0.25) is 4.79 Å². The Morgan fingerprint density at radius 2 is 1.78 bits per heavy atom. The van der Waals surface area contributed by atoms with Crippen LogP contribution in [0.4, 0.5) is 0 Å². The van der Waals surface area contributed by atoms with E-state index in [0.717, 1.165) is 30.6 Å². The second-order valence-electron chi connectivity index (χ2n) is 7.12. The first-order chi connectivity index (χ1) is 12.9. The average Bonchev–Trinajstić information content (AvgIpc) is 3.36. The summed E-state index contributed by atoms with van der Waals surface area (Å²) >= 11 is 1.64. The summed E-state index contributed by atoms with van der Waals surface area (Å²) in [5.74, 6) is -0.566. The van der Waals surface area contributed by atoms with Crippen LogP contribution in [0.3, 0.4) is 0 Å². The van der Waals surface area contributed by atoms with Gasteiger partial charge in [-0.25, -0.2) is 4.79 Å². The van der Waals surface area contributed by atoms with Crippen molar-refractivity contribution in [2.75, 3.05) is 13.7 Å². The number of amides is 1. The molecule has 0 saturated heterocycles. The van der Waals surface area contributed by atoms with E-state index < -0.39 is 12.1 Å². The maximum atomic E-state index is 12.6. The molecule has 0 aliphatic heterocycles. The summed E-state index contributed by atoms with van der Waals surface area (Å²) in [7, 11) is 1.33. The Bertz CT molecular complexity index is 804. The smallest absolute Gasteiger partial charge is 0.337 e. The highest BCUT2D eigenvalue weighted by Gasteiger charge is 2.37. The third-order valence-corrected chi connectivity index (χ3v) is 6.78. The highest BCUT2D eigenvalue weighted by Crippen LogP contribution is 2.44. The molecule has 1 unspecified atom stereocenters. The minimum atomic E-state index is -0.467. The molecular formula is C21H25NO4S. The molecular weight excluding hydrogens is 362 g/mol. The van der Waals surface area contributed by atoms with Crippen molar-refractivity contribution < 1.29 is 19.4 Å². The van der Waals surface area contributed by atoms with Crippen LogP contribution in [0.5, 0.6) is 0 Å². The van der Waals surface area contributed by atoms with Gasteiger partial charge >= 0.3 is 5.97 Å². The van der Waals surface area contributed by atoms with Crippen LogP contribution in [-0.4, -0.2) is 30.6 Å². The first-order valence-corrected chi connectivity index (χ1v) is 10.0. The molecule has 1 fully saturated rings.